The number of hydrogen-bond acceptors (Lipinski definition) is 1. The molecule has 2 rings (SSSR count). The van der Waals surface area contributed by atoms with Crippen LogP contribution in [0.1, 0.15) is 58.1 Å². The third-order valence-electron chi connectivity index (χ3n) is 4.62. The molecule has 20 heavy (non-hydrogen) atoms. The molecule has 0 spiro atoms. The molecule has 1 aliphatic carbocycles. The van der Waals surface area contributed by atoms with Crippen molar-refractivity contribution in [2.24, 2.45) is 11.8 Å². The minimum atomic E-state index is -0.376. The molecule has 0 aromatic heterocycles. The molecule has 0 amide bonds. The summed E-state index contributed by atoms with van der Waals surface area (Å²) in [6.45, 7) is 6.47. The molecule has 112 valence electrons. The summed E-state index contributed by atoms with van der Waals surface area (Å²) in [5.41, 5.74) is 0.427. The number of benzene rings is 1. The highest BCUT2D eigenvalue weighted by atomic mass is 19.1. The highest BCUT2D eigenvalue weighted by Gasteiger charge is 2.24. The molecule has 0 radical (unpaired) electrons. The summed E-state index contributed by atoms with van der Waals surface area (Å²) in [4.78, 5) is 0. The Hall–Kier alpha value is -0.960. The van der Waals surface area contributed by atoms with Crippen molar-refractivity contribution in [3.8, 4) is 0 Å². The van der Waals surface area contributed by atoms with Gasteiger partial charge in [-0.15, -0.1) is 0 Å². The molecule has 1 N–H and O–H groups in total. The second kappa shape index (κ2) is 6.66. The molecule has 1 unspecified atom stereocenters. The maximum atomic E-state index is 13.7. The number of rotatable bonds is 4. The van der Waals surface area contributed by atoms with E-state index in [1.54, 1.807) is 0 Å². The largest absolute Gasteiger partial charge is 0.307 e. The van der Waals surface area contributed by atoms with Gasteiger partial charge in [0.2, 0.25) is 0 Å². The lowest BCUT2D eigenvalue weighted by atomic mass is 9.79. The molecule has 0 aliphatic heterocycles. The van der Waals surface area contributed by atoms with Crippen molar-refractivity contribution < 1.29 is 8.78 Å². The number of halogens is 2. The first-order valence-electron chi connectivity index (χ1n) is 7.68. The highest BCUT2D eigenvalue weighted by Crippen LogP contribution is 2.31. The van der Waals surface area contributed by atoms with E-state index in [-0.39, 0.29) is 17.7 Å². The third kappa shape index (κ3) is 3.78. The highest BCUT2D eigenvalue weighted by molar-refractivity contribution is 5.22. The Morgan fingerprint density at radius 1 is 1.05 bits per heavy atom. The lowest BCUT2D eigenvalue weighted by molar-refractivity contribution is 0.230. The predicted molar refractivity (Wildman–Crippen MR) is 78.5 cm³/mol. The Bertz CT molecular complexity index is 437. The van der Waals surface area contributed by atoms with E-state index < -0.39 is 0 Å². The molecule has 1 fully saturated rings. The molecule has 1 aromatic rings. The van der Waals surface area contributed by atoms with Crippen LogP contribution in [0, 0.1) is 23.5 Å². The van der Waals surface area contributed by atoms with Crippen molar-refractivity contribution in [2.75, 3.05) is 0 Å². The molecule has 1 atom stereocenters. The SMILES string of the molecule is CC(NC1CCC(C(C)C)CC1)c1cc(F)ccc1F. The van der Waals surface area contributed by atoms with Gasteiger partial charge in [0, 0.05) is 17.6 Å². The predicted octanol–water partition coefficient (Wildman–Crippen LogP) is 4.83. The Kier molecular flexibility index (Phi) is 5.14. The molecule has 3 heteroatoms. The van der Waals surface area contributed by atoms with Crippen molar-refractivity contribution in [2.45, 2.75) is 58.5 Å². The summed E-state index contributed by atoms with van der Waals surface area (Å²) in [6, 6.07) is 3.94. The average Bonchev–Trinajstić information content (AvgIpc) is 2.42. The number of hydrogen-bond donors (Lipinski definition) is 1. The van der Waals surface area contributed by atoms with Gasteiger partial charge in [0.15, 0.2) is 0 Å². The second-order valence-electron chi connectivity index (χ2n) is 6.41. The lowest BCUT2D eigenvalue weighted by Gasteiger charge is -2.33. The van der Waals surface area contributed by atoms with Gasteiger partial charge in [-0.2, -0.15) is 0 Å². The Morgan fingerprint density at radius 3 is 2.30 bits per heavy atom. The van der Waals surface area contributed by atoms with Crippen LogP contribution in [0.25, 0.3) is 0 Å². The fourth-order valence-corrected chi connectivity index (χ4v) is 3.24. The molecular weight excluding hydrogens is 256 g/mol. The minimum Gasteiger partial charge on any atom is -0.307 e. The number of nitrogens with one attached hydrogen (secondary N) is 1. The smallest absolute Gasteiger partial charge is 0.128 e. The topological polar surface area (TPSA) is 12.0 Å². The summed E-state index contributed by atoms with van der Waals surface area (Å²) in [5, 5.41) is 3.46. The van der Waals surface area contributed by atoms with E-state index in [1.807, 2.05) is 6.92 Å². The Morgan fingerprint density at radius 2 is 1.70 bits per heavy atom. The summed E-state index contributed by atoms with van der Waals surface area (Å²) in [5.74, 6) is 0.851. The van der Waals surface area contributed by atoms with Gasteiger partial charge < -0.3 is 5.32 Å². The standard InChI is InChI=1S/C17H25F2N/c1-11(2)13-4-7-15(8-5-13)20-12(3)16-10-14(18)6-9-17(16)19/h6,9-13,15,20H,4-5,7-8H2,1-3H3. The minimum absolute atomic E-state index is 0.147. The van der Waals surface area contributed by atoms with Crippen molar-refractivity contribution in [3.63, 3.8) is 0 Å². The van der Waals surface area contributed by atoms with Gasteiger partial charge in [0.1, 0.15) is 11.6 Å². The van der Waals surface area contributed by atoms with Gasteiger partial charge >= 0.3 is 0 Å². The van der Waals surface area contributed by atoms with E-state index in [0.717, 1.165) is 24.7 Å². The van der Waals surface area contributed by atoms with Crippen molar-refractivity contribution >= 4 is 0 Å². The summed E-state index contributed by atoms with van der Waals surface area (Å²) < 4.78 is 27.0. The average molecular weight is 281 g/mol. The van der Waals surface area contributed by atoms with E-state index in [0.29, 0.717) is 11.6 Å². The Labute approximate surface area is 120 Å². The fourth-order valence-electron chi connectivity index (χ4n) is 3.24. The van der Waals surface area contributed by atoms with E-state index in [4.69, 9.17) is 0 Å². The third-order valence-corrected chi connectivity index (χ3v) is 4.62. The van der Waals surface area contributed by atoms with E-state index in [1.165, 1.54) is 31.0 Å². The van der Waals surface area contributed by atoms with Crippen LogP contribution in [0.3, 0.4) is 0 Å². The Balaban J connectivity index is 1.92. The van der Waals surface area contributed by atoms with Crippen LogP contribution in [0.5, 0.6) is 0 Å². The van der Waals surface area contributed by atoms with Crippen LogP contribution in [-0.2, 0) is 0 Å². The second-order valence-corrected chi connectivity index (χ2v) is 6.41. The van der Waals surface area contributed by atoms with E-state index in [2.05, 4.69) is 19.2 Å². The lowest BCUT2D eigenvalue weighted by Crippen LogP contribution is -2.36. The van der Waals surface area contributed by atoms with Crippen LogP contribution >= 0.6 is 0 Å². The molecule has 1 aliphatic rings. The molecule has 0 heterocycles. The summed E-state index contributed by atoms with van der Waals surface area (Å²) in [7, 11) is 0. The summed E-state index contributed by atoms with van der Waals surface area (Å²) in [6.07, 6.45) is 4.72. The first-order valence-corrected chi connectivity index (χ1v) is 7.68. The fraction of sp³-hybridized carbons (Fsp3) is 0.647. The molecule has 0 bridgehead atoms. The van der Waals surface area contributed by atoms with Crippen LogP contribution in [0.15, 0.2) is 18.2 Å². The van der Waals surface area contributed by atoms with E-state index in [9.17, 15) is 8.78 Å². The van der Waals surface area contributed by atoms with Crippen LogP contribution < -0.4 is 5.32 Å². The first-order chi connectivity index (χ1) is 9.47. The van der Waals surface area contributed by atoms with Gasteiger partial charge in [-0.1, -0.05) is 13.8 Å². The van der Waals surface area contributed by atoms with Crippen molar-refractivity contribution in [3.05, 3.63) is 35.4 Å². The molecule has 1 saturated carbocycles. The maximum Gasteiger partial charge on any atom is 0.128 e. The van der Waals surface area contributed by atoms with Gasteiger partial charge in [0.25, 0.3) is 0 Å². The molecule has 0 saturated heterocycles. The molecule has 1 aromatic carbocycles. The monoisotopic (exact) mass is 281 g/mol. The van der Waals surface area contributed by atoms with Crippen molar-refractivity contribution in [1.82, 2.24) is 5.32 Å². The van der Waals surface area contributed by atoms with Gasteiger partial charge in [-0.25, -0.2) is 8.78 Å². The van der Waals surface area contributed by atoms with Crippen molar-refractivity contribution in [1.29, 1.82) is 0 Å². The normalized spacial score (nSPS) is 24.9. The zero-order valence-corrected chi connectivity index (χ0v) is 12.6. The van der Waals surface area contributed by atoms with Gasteiger partial charge in [0.05, 0.1) is 0 Å². The first kappa shape index (κ1) is 15.4. The maximum absolute atomic E-state index is 13.7. The van der Waals surface area contributed by atoms with Gasteiger partial charge in [-0.05, 0) is 62.6 Å². The molecule has 1 nitrogen and oxygen atoms in total. The van der Waals surface area contributed by atoms with E-state index >= 15 is 0 Å². The van der Waals surface area contributed by atoms with Crippen LogP contribution in [0.4, 0.5) is 8.78 Å². The van der Waals surface area contributed by atoms with Crippen LogP contribution in [-0.4, -0.2) is 6.04 Å². The zero-order valence-electron chi connectivity index (χ0n) is 12.6. The zero-order chi connectivity index (χ0) is 14.7. The van der Waals surface area contributed by atoms with Gasteiger partial charge in [-0.3, -0.25) is 0 Å². The summed E-state index contributed by atoms with van der Waals surface area (Å²) >= 11 is 0. The van der Waals surface area contributed by atoms with Crippen LogP contribution in [0.2, 0.25) is 0 Å². The molecular formula is C17H25F2N. The quantitative estimate of drug-likeness (QED) is 0.833.